The molecule has 2 amide bonds. The Kier molecular flexibility index (Phi) is 8.08. The van der Waals surface area contributed by atoms with Gasteiger partial charge in [-0.1, -0.05) is 18.2 Å². The first-order chi connectivity index (χ1) is 15.0. The number of ether oxygens (including phenoxy) is 2. The molecular formula is C23H32N4O4. The Morgan fingerprint density at radius 1 is 1.13 bits per heavy atom. The van der Waals surface area contributed by atoms with Crippen molar-refractivity contribution in [2.24, 2.45) is 0 Å². The van der Waals surface area contributed by atoms with Gasteiger partial charge in [-0.2, -0.15) is 0 Å². The summed E-state index contributed by atoms with van der Waals surface area (Å²) in [5.41, 5.74) is 1.84. The molecule has 31 heavy (non-hydrogen) atoms. The Bertz CT molecular complexity index is 813. The predicted molar refractivity (Wildman–Crippen MR) is 119 cm³/mol. The minimum atomic E-state index is -0.583. The maximum absolute atomic E-state index is 12.9. The van der Waals surface area contributed by atoms with Crippen LogP contribution in [0.1, 0.15) is 25.5 Å². The summed E-state index contributed by atoms with van der Waals surface area (Å²) in [5.74, 6) is 0.319. The third-order valence-corrected chi connectivity index (χ3v) is 5.41. The molecule has 8 heteroatoms. The van der Waals surface area contributed by atoms with E-state index in [-0.39, 0.29) is 12.6 Å². The van der Waals surface area contributed by atoms with Crippen LogP contribution in [0.5, 0.6) is 5.75 Å². The van der Waals surface area contributed by atoms with Crippen molar-refractivity contribution in [1.82, 2.24) is 20.4 Å². The normalized spacial score (nSPS) is 20.1. The van der Waals surface area contributed by atoms with Crippen LogP contribution in [0.2, 0.25) is 0 Å². The van der Waals surface area contributed by atoms with Crippen molar-refractivity contribution in [3.8, 4) is 5.75 Å². The van der Waals surface area contributed by atoms with E-state index in [4.69, 9.17) is 9.47 Å². The number of nitrogens with zero attached hydrogens (tertiary/aromatic N) is 2. The molecule has 0 saturated carbocycles. The summed E-state index contributed by atoms with van der Waals surface area (Å²) in [6, 6.07) is 6.51. The summed E-state index contributed by atoms with van der Waals surface area (Å²) in [6.45, 7) is 13.2. The second kappa shape index (κ2) is 11.0. The summed E-state index contributed by atoms with van der Waals surface area (Å²) in [5, 5.41) is 5.73. The zero-order valence-corrected chi connectivity index (χ0v) is 18.4. The number of carbonyl (C=O) groups excluding carboxylic acids is 2. The number of benzene rings is 1. The molecule has 1 aromatic rings. The summed E-state index contributed by atoms with van der Waals surface area (Å²) >= 11 is 0. The smallest absolute Gasteiger partial charge is 0.338 e. The van der Waals surface area contributed by atoms with E-state index in [0.29, 0.717) is 24.4 Å². The Labute approximate surface area is 183 Å². The molecule has 2 aliphatic heterocycles. The van der Waals surface area contributed by atoms with Crippen molar-refractivity contribution >= 4 is 12.0 Å². The second-order valence-electron chi connectivity index (χ2n) is 7.51. The van der Waals surface area contributed by atoms with Crippen LogP contribution >= 0.6 is 0 Å². The highest BCUT2D eigenvalue weighted by molar-refractivity contribution is 5.95. The Balaban J connectivity index is 1.86. The number of carbonyl (C=O) groups is 2. The van der Waals surface area contributed by atoms with E-state index < -0.39 is 12.0 Å². The molecule has 0 bridgehead atoms. The maximum atomic E-state index is 12.9. The molecular weight excluding hydrogens is 396 g/mol. The lowest BCUT2D eigenvalue weighted by molar-refractivity contribution is -0.139. The highest BCUT2D eigenvalue weighted by Crippen LogP contribution is 2.29. The molecule has 1 fully saturated rings. The molecule has 2 aliphatic rings. The van der Waals surface area contributed by atoms with Crippen molar-refractivity contribution in [2.75, 3.05) is 52.5 Å². The fourth-order valence-corrected chi connectivity index (χ4v) is 3.90. The highest BCUT2D eigenvalue weighted by Gasteiger charge is 2.34. The molecule has 1 atom stereocenters. The molecule has 0 radical (unpaired) electrons. The van der Waals surface area contributed by atoms with Crippen LogP contribution in [0.25, 0.3) is 0 Å². The first-order valence-electron chi connectivity index (χ1n) is 10.8. The van der Waals surface area contributed by atoms with Gasteiger partial charge in [0.25, 0.3) is 0 Å². The molecule has 168 valence electrons. The topological polar surface area (TPSA) is 83.1 Å². The van der Waals surface area contributed by atoms with E-state index in [1.807, 2.05) is 37.3 Å². The molecule has 2 N–H and O–H groups in total. The molecule has 1 aromatic carbocycles. The van der Waals surface area contributed by atoms with Gasteiger partial charge in [0.1, 0.15) is 5.75 Å². The van der Waals surface area contributed by atoms with Gasteiger partial charge >= 0.3 is 12.0 Å². The van der Waals surface area contributed by atoms with Crippen LogP contribution in [0.3, 0.4) is 0 Å². The fraction of sp³-hybridized carbons (Fsp3) is 0.478. The molecule has 3 rings (SSSR count). The van der Waals surface area contributed by atoms with E-state index in [2.05, 4.69) is 27.0 Å². The number of hydrogen-bond acceptors (Lipinski definition) is 6. The second-order valence-corrected chi connectivity index (χ2v) is 7.51. The van der Waals surface area contributed by atoms with Crippen molar-refractivity contribution in [3.63, 3.8) is 0 Å². The average molecular weight is 429 g/mol. The van der Waals surface area contributed by atoms with Crippen molar-refractivity contribution in [3.05, 3.63) is 53.8 Å². The monoisotopic (exact) mass is 428 g/mol. The van der Waals surface area contributed by atoms with Gasteiger partial charge in [0.15, 0.2) is 0 Å². The van der Waals surface area contributed by atoms with Gasteiger partial charge in [0.05, 0.1) is 24.8 Å². The van der Waals surface area contributed by atoms with Crippen molar-refractivity contribution in [1.29, 1.82) is 0 Å². The number of esters is 1. The van der Waals surface area contributed by atoms with Crippen LogP contribution in [-0.2, 0) is 9.53 Å². The number of amides is 2. The number of piperazine rings is 1. The largest absolute Gasteiger partial charge is 0.494 e. The van der Waals surface area contributed by atoms with Gasteiger partial charge in [-0.25, -0.2) is 9.59 Å². The molecule has 8 nitrogen and oxygen atoms in total. The van der Waals surface area contributed by atoms with Crippen LogP contribution in [0, 0.1) is 0 Å². The van der Waals surface area contributed by atoms with Crippen LogP contribution in [0.15, 0.2) is 48.2 Å². The van der Waals surface area contributed by atoms with Gasteiger partial charge in [-0.05, 0) is 31.5 Å². The lowest BCUT2D eigenvalue weighted by Gasteiger charge is -2.36. The van der Waals surface area contributed by atoms with E-state index in [0.717, 1.165) is 44.0 Å². The van der Waals surface area contributed by atoms with Gasteiger partial charge in [0, 0.05) is 45.0 Å². The lowest BCUT2D eigenvalue weighted by Crippen LogP contribution is -2.51. The van der Waals surface area contributed by atoms with Crippen LogP contribution in [-0.4, -0.2) is 74.3 Å². The summed E-state index contributed by atoms with van der Waals surface area (Å²) < 4.78 is 10.9. The molecule has 0 unspecified atom stereocenters. The SMILES string of the molecule is C=CCN1CCN(CC2=C(C(=O)OCC)[C@@H](c3ccc(OCC)cc3)NC(=O)N2)CC1. The summed E-state index contributed by atoms with van der Waals surface area (Å²) in [6.07, 6.45) is 1.91. The maximum Gasteiger partial charge on any atom is 0.338 e. The molecule has 0 aromatic heterocycles. The Morgan fingerprint density at radius 2 is 1.81 bits per heavy atom. The van der Waals surface area contributed by atoms with E-state index in [1.54, 1.807) is 6.92 Å². The zero-order chi connectivity index (χ0) is 22.2. The van der Waals surface area contributed by atoms with Crippen LogP contribution in [0.4, 0.5) is 4.79 Å². The average Bonchev–Trinajstić information content (AvgIpc) is 2.76. The number of hydrogen-bond donors (Lipinski definition) is 2. The van der Waals surface area contributed by atoms with E-state index in [1.165, 1.54) is 0 Å². The summed E-state index contributed by atoms with van der Waals surface area (Å²) in [4.78, 5) is 29.9. The van der Waals surface area contributed by atoms with Crippen molar-refractivity contribution in [2.45, 2.75) is 19.9 Å². The van der Waals surface area contributed by atoms with E-state index in [9.17, 15) is 9.59 Å². The highest BCUT2D eigenvalue weighted by atomic mass is 16.5. The first-order valence-corrected chi connectivity index (χ1v) is 10.8. The summed E-state index contributed by atoms with van der Waals surface area (Å²) in [7, 11) is 0. The van der Waals surface area contributed by atoms with E-state index >= 15 is 0 Å². The molecule has 0 spiro atoms. The lowest BCUT2D eigenvalue weighted by atomic mass is 9.94. The molecule has 0 aliphatic carbocycles. The third-order valence-electron chi connectivity index (χ3n) is 5.41. The Morgan fingerprint density at radius 3 is 2.42 bits per heavy atom. The minimum absolute atomic E-state index is 0.264. The zero-order valence-electron chi connectivity index (χ0n) is 18.4. The van der Waals surface area contributed by atoms with Crippen LogP contribution < -0.4 is 15.4 Å². The first kappa shape index (κ1) is 22.8. The van der Waals surface area contributed by atoms with Gasteiger partial charge in [-0.15, -0.1) is 6.58 Å². The van der Waals surface area contributed by atoms with Gasteiger partial charge in [0.2, 0.25) is 0 Å². The number of nitrogens with one attached hydrogen (secondary N) is 2. The predicted octanol–water partition coefficient (Wildman–Crippen LogP) is 2.06. The quantitative estimate of drug-likeness (QED) is 0.463. The number of rotatable bonds is 9. The fourth-order valence-electron chi connectivity index (χ4n) is 3.90. The Hall–Kier alpha value is -2.84. The van der Waals surface area contributed by atoms with Crippen molar-refractivity contribution < 1.29 is 19.1 Å². The minimum Gasteiger partial charge on any atom is -0.494 e. The third kappa shape index (κ3) is 5.86. The van der Waals surface area contributed by atoms with Gasteiger partial charge < -0.3 is 20.1 Å². The van der Waals surface area contributed by atoms with Gasteiger partial charge in [-0.3, -0.25) is 9.80 Å². The molecule has 1 saturated heterocycles. The number of urea groups is 1. The molecule has 2 heterocycles. The standard InChI is InChI=1S/C23H32N4O4/c1-4-11-26-12-14-27(15-13-26)16-19-20(22(28)31-6-3)21(25-23(29)24-19)17-7-9-18(10-8-17)30-5-2/h4,7-10,21H,1,5-6,11-16H2,2-3H3,(H2,24,25,29)/t21-/m1/s1.